The van der Waals surface area contributed by atoms with Crippen molar-refractivity contribution in [1.29, 1.82) is 0 Å². The van der Waals surface area contributed by atoms with E-state index < -0.39 is 0 Å². The SMILES string of the molecule is CN=C(NCCc1c[nH]c2ccc(F)cc12)NCc1nc(C)no1.I. The van der Waals surface area contributed by atoms with Gasteiger partial charge in [-0.3, -0.25) is 4.99 Å². The second kappa shape index (κ2) is 8.79. The van der Waals surface area contributed by atoms with E-state index in [1.807, 2.05) is 6.20 Å². The zero-order valence-electron chi connectivity index (χ0n) is 14.0. The molecule has 0 fully saturated rings. The number of rotatable bonds is 5. The van der Waals surface area contributed by atoms with Gasteiger partial charge in [-0.15, -0.1) is 24.0 Å². The predicted octanol–water partition coefficient (Wildman–Crippen LogP) is 2.52. The number of aryl methyl sites for hydroxylation is 1. The number of fused-ring (bicyclic) bond motifs is 1. The van der Waals surface area contributed by atoms with Crippen LogP contribution in [0.2, 0.25) is 0 Å². The highest BCUT2D eigenvalue weighted by Crippen LogP contribution is 2.19. The maximum Gasteiger partial charge on any atom is 0.246 e. The molecule has 2 heterocycles. The molecule has 0 spiro atoms. The van der Waals surface area contributed by atoms with Gasteiger partial charge < -0.3 is 20.1 Å². The van der Waals surface area contributed by atoms with Crippen molar-refractivity contribution >= 4 is 40.8 Å². The average molecular weight is 458 g/mol. The molecule has 0 aliphatic heterocycles. The highest BCUT2D eigenvalue weighted by atomic mass is 127. The molecule has 0 unspecified atom stereocenters. The van der Waals surface area contributed by atoms with Gasteiger partial charge in [0.15, 0.2) is 11.8 Å². The summed E-state index contributed by atoms with van der Waals surface area (Å²) in [4.78, 5) is 11.4. The van der Waals surface area contributed by atoms with Gasteiger partial charge >= 0.3 is 0 Å². The Kier molecular flexibility index (Phi) is 6.73. The number of benzene rings is 1. The Morgan fingerprint density at radius 3 is 2.92 bits per heavy atom. The van der Waals surface area contributed by atoms with Crippen molar-refractivity contribution in [3.63, 3.8) is 0 Å². The van der Waals surface area contributed by atoms with Gasteiger partial charge in [-0.2, -0.15) is 4.98 Å². The number of nitrogens with one attached hydrogen (secondary N) is 3. The van der Waals surface area contributed by atoms with E-state index in [4.69, 9.17) is 4.52 Å². The Bertz CT molecular complexity index is 859. The lowest BCUT2D eigenvalue weighted by Crippen LogP contribution is -2.37. The second-order valence-electron chi connectivity index (χ2n) is 5.34. The molecule has 7 nitrogen and oxygen atoms in total. The van der Waals surface area contributed by atoms with E-state index in [0.29, 0.717) is 30.8 Å². The molecule has 0 saturated heterocycles. The van der Waals surface area contributed by atoms with Crippen molar-refractivity contribution in [2.24, 2.45) is 4.99 Å². The summed E-state index contributed by atoms with van der Waals surface area (Å²) < 4.78 is 18.4. The van der Waals surface area contributed by atoms with Gasteiger partial charge in [0.1, 0.15) is 5.82 Å². The number of aromatic amines is 1. The molecule has 3 aromatic rings. The Morgan fingerprint density at radius 2 is 2.20 bits per heavy atom. The fraction of sp³-hybridized carbons (Fsp3) is 0.312. The molecule has 0 atom stereocenters. The van der Waals surface area contributed by atoms with E-state index in [2.05, 4.69) is 30.8 Å². The molecule has 0 saturated carbocycles. The van der Waals surface area contributed by atoms with Crippen molar-refractivity contribution < 1.29 is 8.91 Å². The van der Waals surface area contributed by atoms with Gasteiger partial charge in [0.2, 0.25) is 5.89 Å². The Labute approximate surface area is 161 Å². The fourth-order valence-electron chi connectivity index (χ4n) is 2.46. The molecule has 25 heavy (non-hydrogen) atoms. The number of guanidine groups is 1. The molecular weight excluding hydrogens is 438 g/mol. The lowest BCUT2D eigenvalue weighted by Gasteiger charge is -2.10. The molecule has 0 aliphatic carbocycles. The highest BCUT2D eigenvalue weighted by molar-refractivity contribution is 14.0. The number of halogens is 2. The summed E-state index contributed by atoms with van der Waals surface area (Å²) >= 11 is 0. The summed E-state index contributed by atoms with van der Waals surface area (Å²) in [6.07, 6.45) is 2.65. The third-order valence-electron chi connectivity index (χ3n) is 3.62. The van der Waals surface area contributed by atoms with Gasteiger partial charge in [-0.1, -0.05) is 5.16 Å². The molecular formula is C16H20FIN6O. The molecule has 0 amide bonds. The maximum atomic E-state index is 13.4. The lowest BCUT2D eigenvalue weighted by atomic mass is 10.1. The summed E-state index contributed by atoms with van der Waals surface area (Å²) in [6, 6.07) is 4.74. The summed E-state index contributed by atoms with van der Waals surface area (Å²) in [5, 5.41) is 10.9. The van der Waals surface area contributed by atoms with E-state index in [0.717, 1.165) is 22.9 Å². The van der Waals surface area contributed by atoms with E-state index in [-0.39, 0.29) is 29.8 Å². The molecule has 3 rings (SSSR count). The molecule has 134 valence electrons. The number of aliphatic imine (C=N–C) groups is 1. The van der Waals surface area contributed by atoms with Crippen LogP contribution in [-0.2, 0) is 13.0 Å². The van der Waals surface area contributed by atoms with Gasteiger partial charge in [0, 0.05) is 30.7 Å². The lowest BCUT2D eigenvalue weighted by molar-refractivity contribution is 0.371. The zero-order chi connectivity index (χ0) is 16.9. The minimum atomic E-state index is -0.233. The largest absolute Gasteiger partial charge is 0.361 e. The maximum absolute atomic E-state index is 13.4. The standard InChI is InChI=1S/C16H19FN6O.HI/c1-10-22-15(24-23-10)9-21-16(18-2)19-6-5-11-8-20-14-4-3-12(17)7-13(11)14;/h3-4,7-8,20H,5-6,9H2,1-2H3,(H2,18,19,21);1H. The first-order valence-electron chi connectivity index (χ1n) is 7.65. The zero-order valence-corrected chi connectivity index (χ0v) is 16.3. The summed E-state index contributed by atoms with van der Waals surface area (Å²) in [7, 11) is 1.69. The number of hydrogen-bond donors (Lipinski definition) is 3. The molecule has 3 N–H and O–H groups in total. The fourth-order valence-corrected chi connectivity index (χ4v) is 2.46. The van der Waals surface area contributed by atoms with Crippen LogP contribution in [-0.4, -0.2) is 34.7 Å². The van der Waals surface area contributed by atoms with Crippen molar-refractivity contribution in [3.8, 4) is 0 Å². The summed E-state index contributed by atoms with van der Waals surface area (Å²) in [6.45, 7) is 2.83. The van der Waals surface area contributed by atoms with Crippen molar-refractivity contribution in [3.05, 3.63) is 47.5 Å². The molecule has 9 heteroatoms. The number of H-pyrrole nitrogens is 1. The van der Waals surface area contributed by atoms with Crippen LogP contribution in [0.3, 0.4) is 0 Å². The first-order valence-corrected chi connectivity index (χ1v) is 7.65. The molecule has 0 aliphatic rings. The minimum Gasteiger partial charge on any atom is -0.361 e. The highest BCUT2D eigenvalue weighted by Gasteiger charge is 2.07. The van der Waals surface area contributed by atoms with Crippen LogP contribution in [0.5, 0.6) is 0 Å². The third kappa shape index (κ3) is 4.91. The quantitative estimate of drug-likeness (QED) is 0.311. The minimum absolute atomic E-state index is 0. The van der Waals surface area contributed by atoms with Crippen LogP contribution in [0.1, 0.15) is 17.3 Å². The monoisotopic (exact) mass is 458 g/mol. The van der Waals surface area contributed by atoms with Crippen LogP contribution in [0.15, 0.2) is 33.9 Å². The topological polar surface area (TPSA) is 91.1 Å². The smallest absolute Gasteiger partial charge is 0.246 e. The first kappa shape index (κ1) is 19.2. The van der Waals surface area contributed by atoms with Gasteiger partial charge in [0.25, 0.3) is 0 Å². The number of hydrogen-bond acceptors (Lipinski definition) is 4. The average Bonchev–Trinajstić information content (AvgIpc) is 3.17. The van der Waals surface area contributed by atoms with E-state index in [9.17, 15) is 4.39 Å². The van der Waals surface area contributed by atoms with Gasteiger partial charge in [0.05, 0.1) is 6.54 Å². The number of nitrogens with zero attached hydrogens (tertiary/aromatic N) is 3. The summed E-state index contributed by atoms with van der Waals surface area (Å²) in [5.41, 5.74) is 1.99. The molecule has 0 radical (unpaired) electrons. The predicted molar refractivity (Wildman–Crippen MR) is 105 cm³/mol. The molecule has 2 aromatic heterocycles. The third-order valence-corrected chi connectivity index (χ3v) is 3.62. The van der Waals surface area contributed by atoms with Crippen LogP contribution < -0.4 is 10.6 Å². The Morgan fingerprint density at radius 1 is 1.36 bits per heavy atom. The number of aromatic nitrogens is 3. The first-order chi connectivity index (χ1) is 11.7. The van der Waals surface area contributed by atoms with E-state index in [1.165, 1.54) is 6.07 Å². The Hall–Kier alpha value is -2.17. The normalized spacial score (nSPS) is 11.4. The van der Waals surface area contributed by atoms with E-state index >= 15 is 0 Å². The van der Waals surface area contributed by atoms with Crippen LogP contribution in [0.25, 0.3) is 10.9 Å². The van der Waals surface area contributed by atoms with Crippen LogP contribution in [0.4, 0.5) is 4.39 Å². The Balaban J connectivity index is 0.00000225. The van der Waals surface area contributed by atoms with Crippen LogP contribution >= 0.6 is 24.0 Å². The van der Waals surface area contributed by atoms with Gasteiger partial charge in [-0.25, -0.2) is 4.39 Å². The molecule has 1 aromatic carbocycles. The molecule has 0 bridgehead atoms. The van der Waals surface area contributed by atoms with Gasteiger partial charge in [-0.05, 0) is 37.1 Å². The van der Waals surface area contributed by atoms with Crippen molar-refractivity contribution in [2.45, 2.75) is 19.9 Å². The van der Waals surface area contributed by atoms with Crippen molar-refractivity contribution in [1.82, 2.24) is 25.8 Å². The van der Waals surface area contributed by atoms with Crippen LogP contribution in [0, 0.1) is 12.7 Å². The van der Waals surface area contributed by atoms with E-state index in [1.54, 1.807) is 26.1 Å². The summed E-state index contributed by atoms with van der Waals surface area (Å²) in [5.74, 6) is 1.50. The second-order valence-corrected chi connectivity index (χ2v) is 5.34. The van der Waals surface area contributed by atoms with Crippen molar-refractivity contribution in [2.75, 3.05) is 13.6 Å².